The Morgan fingerprint density at radius 2 is 1.88 bits per heavy atom. The number of hydrogen-bond acceptors (Lipinski definition) is 5. The molecular weight excluding hydrogens is 432 g/mol. The summed E-state index contributed by atoms with van der Waals surface area (Å²) in [4.78, 5) is 25.7. The van der Waals surface area contributed by atoms with Gasteiger partial charge in [0.1, 0.15) is 0 Å². The summed E-state index contributed by atoms with van der Waals surface area (Å²) in [6.45, 7) is 11.7. The average molecular weight is 467 g/mol. The van der Waals surface area contributed by atoms with E-state index in [-0.39, 0.29) is 36.5 Å². The van der Waals surface area contributed by atoms with Crippen molar-refractivity contribution in [3.05, 3.63) is 53.7 Å². The number of fused-ring (bicyclic) bond motifs is 1. The first kappa shape index (κ1) is 25.2. The summed E-state index contributed by atoms with van der Waals surface area (Å²) in [5.41, 5.74) is 2.30. The number of carbonyl (C=O) groups excluding carboxylic acids is 1. The number of aromatic carboxylic acids is 1. The molecule has 1 heterocycles. The van der Waals surface area contributed by atoms with Crippen molar-refractivity contribution in [3.8, 4) is 5.69 Å². The maximum Gasteiger partial charge on any atom is 0.335 e. The summed E-state index contributed by atoms with van der Waals surface area (Å²) in [6, 6.07) is 10.6. The highest BCUT2D eigenvalue weighted by Gasteiger charge is 2.29. The summed E-state index contributed by atoms with van der Waals surface area (Å²) >= 11 is 0. The molecule has 1 aromatic heterocycles. The smallest absolute Gasteiger partial charge is 0.335 e. The van der Waals surface area contributed by atoms with Crippen LogP contribution in [-0.4, -0.2) is 61.5 Å². The summed E-state index contributed by atoms with van der Waals surface area (Å²) in [5, 5.41) is 29.1. The maximum atomic E-state index is 12.6. The fraction of sp³-hybridized carbons (Fsp3) is 0.423. The molecule has 0 fully saturated rings. The average Bonchev–Trinajstić information content (AvgIpc) is 3.19. The van der Waals surface area contributed by atoms with Crippen molar-refractivity contribution in [2.45, 2.75) is 53.2 Å². The van der Waals surface area contributed by atoms with Gasteiger partial charge in [0.15, 0.2) is 0 Å². The Labute approximate surface area is 200 Å². The molecule has 0 radical (unpaired) electrons. The van der Waals surface area contributed by atoms with E-state index in [0.29, 0.717) is 5.69 Å². The molecule has 0 saturated carbocycles. The standard InChI is InChI=1S/C26H34N4O4/c1-16(2)24(31)29(17(3)4)15-26(6,34)14-27-22-10-18(5)11-23-21(22)13-28-30(23)20-9-7-8-19(12-20)25(32)33/h7-13,16-17,27,34H,14-15H2,1-6H3,(H,32,33). The van der Waals surface area contributed by atoms with Crippen molar-refractivity contribution >= 4 is 28.5 Å². The lowest BCUT2D eigenvalue weighted by Gasteiger charge is -2.35. The van der Waals surface area contributed by atoms with Crippen molar-refractivity contribution < 1.29 is 19.8 Å². The van der Waals surface area contributed by atoms with Crippen LogP contribution in [0.25, 0.3) is 16.6 Å². The van der Waals surface area contributed by atoms with Gasteiger partial charge in [-0.2, -0.15) is 5.10 Å². The third kappa shape index (κ3) is 5.56. The number of hydrogen-bond donors (Lipinski definition) is 3. The molecular formula is C26H34N4O4. The van der Waals surface area contributed by atoms with Crippen LogP contribution < -0.4 is 5.32 Å². The largest absolute Gasteiger partial charge is 0.478 e. The first-order valence-corrected chi connectivity index (χ1v) is 11.5. The molecule has 1 unspecified atom stereocenters. The van der Waals surface area contributed by atoms with Gasteiger partial charge < -0.3 is 20.4 Å². The number of aromatic nitrogens is 2. The van der Waals surface area contributed by atoms with Gasteiger partial charge in [-0.25, -0.2) is 9.48 Å². The minimum absolute atomic E-state index is 0.0121. The lowest BCUT2D eigenvalue weighted by Crippen LogP contribution is -2.51. The Morgan fingerprint density at radius 3 is 2.50 bits per heavy atom. The van der Waals surface area contributed by atoms with Crippen LogP contribution in [0.5, 0.6) is 0 Å². The number of rotatable bonds is 9. The fourth-order valence-corrected chi connectivity index (χ4v) is 3.94. The van der Waals surface area contributed by atoms with Crippen LogP contribution in [0.2, 0.25) is 0 Å². The Morgan fingerprint density at radius 1 is 1.18 bits per heavy atom. The Balaban J connectivity index is 1.88. The van der Waals surface area contributed by atoms with Crippen LogP contribution >= 0.6 is 0 Å². The molecule has 0 aliphatic rings. The van der Waals surface area contributed by atoms with Gasteiger partial charge >= 0.3 is 5.97 Å². The van der Waals surface area contributed by atoms with Gasteiger partial charge in [0.25, 0.3) is 0 Å². The lowest BCUT2D eigenvalue weighted by molar-refractivity contribution is -0.139. The molecule has 182 valence electrons. The Hall–Kier alpha value is -3.39. The molecule has 0 saturated heterocycles. The van der Waals surface area contributed by atoms with Gasteiger partial charge in [0, 0.05) is 29.6 Å². The third-order valence-corrected chi connectivity index (χ3v) is 5.74. The van der Waals surface area contributed by atoms with E-state index >= 15 is 0 Å². The second kappa shape index (κ2) is 9.85. The number of benzene rings is 2. The number of aliphatic hydroxyl groups is 1. The normalized spacial score (nSPS) is 13.3. The van der Waals surface area contributed by atoms with E-state index in [1.54, 1.807) is 40.9 Å². The summed E-state index contributed by atoms with van der Waals surface area (Å²) in [7, 11) is 0. The zero-order valence-electron chi connectivity index (χ0n) is 20.7. The van der Waals surface area contributed by atoms with Crippen molar-refractivity contribution in [1.82, 2.24) is 14.7 Å². The van der Waals surface area contributed by atoms with E-state index in [2.05, 4.69) is 10.4 Å². The van der Waals surface area contributed by atoms with E-state index in [9.17, 15) is 19.8 Å². The molecule has 34 heavy (non-hydrogen) atoms. The van der Waals surface area contributed by atoms with Crippen LogP contribution in [0.15, 0.2) is 42.6 Å². The number of aryl methyl sites for hydroxylation is 1. The van der Waals surface area contributed by atoms with Crippen LogP contribution in [-0.2, 0) is 4.79 Å². The first-order valence-electron chi connectivity index (χ1n) is 11.5. The number of carboxylic acids is 1. The van der Waals surface area contributed by atoms with Crippen molar-refractivity contribution in [2.75, 3.05) is 18.4 Å². The van der Waals surface area contributed by atoms with E-state index in [4.69, 9.17) is 0 Å². The molecule has 3 aromatic rings. The number of anilines is 1. The second-order valence-corrected chi connectivity index (χ2v) is 9.72. The predicted molar refractivity (Wildman–Crippen MR) is 134 cm³/mol. The summed E-state index contributed by atoms with van der Waals surface area (Å²) < 4.78 is 1.71. The number of nitrogens with zero attached hydrogens (tertiary/aromatic N) is 3. The molecule has 8 nitrogen and oxygen atoms in total. The summed E-state index contributed by atoms with van der Waals surface area (Å²) in [5.74, 6) is -1.13. The molecule has 2 aromatic carbocycles. The van der Waals surface area contributed by atoms with Crippen molar-refractivity contribution in [2.24, 2.45) is 5.92 Å². The highest BCUT2D eigenvalue weighted by molar-refractivity contribution is 5.93. The van der Waals surface area contributed by atoms with E-state index in [1.165, 1.54) is 0 Å². The quantitative estimate of drug-likeness (QED) is 0.438. The third-order valence-electron chi connectivity index (χ3n) is 5.74. The number of amides is 1. The molecule has 3 N–H and O–H groups in total. The van der Waals surface area contributed by atoms with Gasteiger partial charge in [-0.15, -0.1) is 0 Å². The van der Waals surface area contributed by atoms with Crippen molar-refractivity contribution in [1.29, 1.82) is 0 Å². The monoisotopic (exact) mass is 466 g/mol. The fourth-order valence-electron chi connectivity index (χ4n) is 3.94. The molecule has 0 bridgehead atoms. The molecule has 1 atom stereocenters. The Kier molecular flexibility index (Phi) is 7.31. The molecule has 1 amide bonds. The topological polar surface area (TPSA) is 108 Å². The lowest BCUT2D eigenvalue weighted by atomic mass is 10.0. The van der Waals surface area contributed by atoms with Crippen LogP contribution in [0.1, 0.15) is 50.5 Å². The SMILES string of the molecule is Cc1cc(NCC(C)(O)CN(C(=O)C(C)C)C(C)C)c2cnn(-c3cccc(C(=O)O)c3)c2c1. The van der Waals surface area contributed by atoms with Crippen LogP contribution in [0.4, 0.5) is 5.69 Å². The highest BCUT2D eigenvalue weighted by atomic mass is 16.4. The maximum absolute atomic E-state index is 12.6. The number of carbonyl (C=O) groups is 2. The van der Waals surface area contributed by atoms with E-state index in [0.717, 1.165) is 22.2 Å². The molecule has 3 rings (SSSR count). The number of carboxylic acid groups (broad SMARTS) is 1. The highest BCUT2D eigenvalue weighted by Crippen LogP contribution is 2.28. The van der Waals surface area contributed by atoms with Crippen LogP contribution in [0, 0.1) is 12.8 Å². The minimum Gasteiger partial charge on any atom is -0.478 e. The van der Waals surface area contributed by atoms with E-state index in [1.807, 2.05) is 52.8 Å². The van der Waals surface area contributed by atoms with E-state index < -0.39 is 11.6 Å². The first-order chi connectivity index (χ1) is 15.9. The molecule has 8 heteroatoms. The Bertz CT molecular complexity index is 1200. The summed E-state index contributed by atoms with van der Waals surface area (Å²) in [6.07, 6.45) is 1.72. The predicted octanol–water partition coefficient (Wildman–Crippen LogP) is 4.09. The van der Waals surface area contributed by atoms with Gasteiger partial charge in [-0.1, -0.05) is 19.9 Å². The zero-order valence-corrected chi connectivity index (χ0v) is 20.7. The zero-order chi connectivity index (χ0) is 25.2. The van der Waals surface area contributed by atoms with Gasteiger partial charge in [-0.05, 0) is 63.6 Å². The second-order valence-electron chi connectivity index (χ2n) is 9.72. The molecule has 0 aliphatic carbocycles. The van der Waals surface area contributed by atoms with Crippen molar-refractivity contribution in [3.63, 3.8) is 0 Å². The van der Waals surface area contributed by atoms with Gasteiger partial charge in [-0.3, -0.25) is 4.79 Å². The van der Waals surface area contributed by atoms with Crippen LogP contribution in [0.3, 0.4) is 0 Å². The van der Waals surface area contributed by atoms with Gasteiger partial charge in [0.05, 0.1) is 35.1 Å². The molecule has 0 aliphatic heterocycles. The molecule has 0 spiro atoms. The minimum atomic E-state index is -1.16. The number of nitrogens with one attached hydrogen (secondary N) is 1. The van der Waals surface area contributed by atoms with Gasteiger partial charge in [0.2, 0.25) is 5.91 Å².